The van der Waals surface area contributed by atoms with Crippen LogP contribution in [0.5, 0.6) is 0 Å². The minimum atomic E-state index is -0.204. The van der Waals surface area contributed by atoms with E-state index < -0.39 is 0 Å². The molecule has 110 valence electrons. The molecule has 0 aliphatic carbocycles. The number of carbonyl (C=O) groups excluding carboxylic acids is 1. The van der Waals surface area contributed by atoms with Crippen LogP contribution in [0, 0.1) is 0 Å². The number of amides is 1. The molecule has 0 saturated carbocycles. The summed E-state index contributed by atoms with van der Waals surface area (Å²) in [4.78, 5) is 13.2. The second-order valence-corrected chi connectivity index (χ2v) is 5.56. The van der Waals surface area contributed by atoms with E-state index in [1.54, 1.807) is 0 Å². The summed E-state index contributed by atoms with van der Waals surface area (Å²) < 4.78 is 0. The van der Waals surface area contributed by atoms with Crippen molar-refractivity contribution < 1.29 is 4.79 Å². The van der Waals surface area contributed by atoms with E-state index in [0.29, 0.717) is 12.5 Å². The first-order valence-electron chi connectivity index (χ1n) is 7.52. The number of nitrogens with one attached hydrogen (secondary N) is 1. The fourth-order valence-electron chi connectivity index (χ4n) is 2.71. The van der Waals surface area contributed by atoms with Crippen LogP contribution >= 0.6 is 0 Å². The second-order valence-electron chi connectivity index (χ2n) is 5.56. The Morgan fingerprint density at radius 1 is 1.25 bits per heavy atom. The van der Waals surface area contributed by atoms with Gasteiger partial charge in [-0.2, -0.15) is 0 Å². The van der Waals surface area contributed by atoms with Crippen LogP contribution in [0.2, 0.25) is 0 Å². The van der Waals surface area contributed by atoms with Crippen LogP contribution in [0.15, 0.2) is 30.3 Å². The maximum atomic E-state index is 10.7. The summed E-state index contributed by atoms with van der Waals surface area (Å²) in [6.45, 7) is 4.23. The van der Waals surface area contributed by atoms with Crippen molar-refractivity contribution in [3.05, 3.63) is 35.9 Å². The van der Waals surface area contributed by atoms with Gasteiger partial charge in [0.1, 0.15) is 0 Å². The van der Waals surface area contributed by atoms with Gasteiger partial charge < -0.3 is 11.1 Å². The summed E-state index contributed by atoms with van der Waals surface area (Å²) in [5.74, 6) is -0.204. The lowest BCUT2D eigenvalue weighted by Crippen LogP contribution is -2.42. The van der Waals surface area contributed by atoms with Crippen LogP contribution in [0.1, 0.15) is 31.2 Å². The molecular weight excluding hydrogens is 250 g/mol. The molecule has 4 nitrogen and oxygen atoms in total. The Balaban J connectivity index is 1.61. The Hall–Kier alpha value is -1.39. The highest BCUT2D eigenvalue weighted by atomic mass is 16.1. The average molecular weight is 275 g/mol. The van der Waals surface area contributed by atoms with Crippen molar-refractivity contribution in [2.24, 2.45) is 5.73 Å². The number of hydrogen-bond acceptors (Lipinski definition) is 3. The van der Waals surface area contributed by atoms with E-state index in [1.165, 1.54) is 18.4 Å². The maximum Gasteiger partial charge on any atom is 0.217 e. The average Bonchev–Trinajstić information content (AvgIpc) is 2.46. The van der Waals surface area contributed by atoms with Crippen LogP contribution in [0.4, 0.5) is 0 Å². The first kappa shape index (κ1) is 15.0. The predicted octanol–water partition coefficient (Wildman–Crippen LogP) is 1.51. The largest absolute Gasteiger partial charge is 0.370 e. The van der Waals surface area contributed by atoms with E-state index in [2.05, 4.69) is 40.5 Å². The molecule has 1 saturated heterocycles. The van der Waals surface area contributed by atoms with E-state index in [9.17, 15) is 4.79 Å². The maximum absolute atomic E-state index is 10.7. The SMILES string of the molecule is NC(=O)CCCNC1CCN(Cc2ccccc2)CC1. The summed E-state index contributed by atoms with van der Waals surface area (Å²) in [6.07, 6.45) is 3.70. The molecule has 1 amide bonds. The second kappa shape index (κ2) is 8.02. The molecule has 0 atom stereocenters. The fraction of sp³-hybridized carbons (Fsp3) is 0.562. The van der Waals surface area contributed by atoms with Crippen LogP contribution in [-0.4, -0.2) is 36.5 Å². The van der Waals surface area contributed by atoms with Gasteiger partial charge in [-0.05, 0) is 44.5 Å². The lowest BCUT2D eigenvalue weighted by Gasteiger charge is -2.32. The monoisotopic (exact) mass is 275 g/mol. The van der Waals surface area contributed by atoms with Crippen molar-refractivity contribution in [1.29, 1.82) is 0 Å². The Morgan fingerprint density at radius 3 is 2.60 bits per heavy atom. The van der Waals surface area contributed by atoms with E-state index in [-0.39, 0.29) is 5.91 Å². The van der Waals surface area contributed by atoms with Gasteiger partial charge in [0.15, 0.2) is 0 Å². The Bertz CT molecular complexity index is 399. The summed E-state index contributed by atoms with van der Waals surface area (Å²) in [5, 5.41) is 3.53. The highest BCUT2D eigenvalue weighted by Crippen LogP contribution is 2.13. The number of primary amides is 1. The van der Waals surface area contributed by atoms with Crippen molar-refractivity contribution in [2.45, 2.75) is 38.3 Å². The normalized spacial score (nSPS) is 17.2. The molecule has 0 radical (unpaired) electrons. The first-order chi connectivity index (χ1) is 9.74. The summed E-state index contributed by atoms with van der Waals surface area (Å²) in [6, 6.07) is 11.2. The van der Waals surface area contributed by atoms with Crippen LogP contribution in [-0.2, 0) is 11.3 Å². The molecule has 0 spiro atoms. The van der Waals surface area contributed by atoms with Crippen molar-refractivity contribution in [2.75, 3.05) is 19.6 Å². The number of rotatable bonds is 7. The quantitative estimate of drug-likeness (QED) is 0.742. The molecule has 3 N–H and O–H groups in total. The van der Waals surface area contributed by atoms with Crippen molar-refractivity contribution in [1.82, 2.24) is 10.2 Å². The molecule has 1 heterocycles. The van der Waals surface area contributed by atoms with Gasteiger partial charge in [0.05, 0.1) is 0 Å². The highest BCUT2D eigenvalue weighted by Gasteiger charge is 2.18. The number of likely N-dealkylation sites (tertiary alicyclic amines) is 1. The topological polar surface area (TPSA) is 58.4 Å². The molecule has 1 aliphatic rings. The number of piperidine rings is 1. The highest BCUT2D eigenvalue weighted by molar-refractivity contribution is 5.73. The summed E-state index contributed by atoms with van der Waals surface area (Å²) in [7, 11) is 0. The Kier molecular flexibility index (Phi) is 6.02. The molecule has 4 heteroatoms. The zero-order valence-electron chi connectivity index (χ0n) is 12.1. The van der Waals surface area contributed by atoms with Crippen LogP contribution in [0.25, 0.3) is 0 Å². The first-order valence-corrected chi connectivity index (χ1v) is 7.52. The van der Waals surface area contributed by atoms with Crippen molar-refractivity contribution in [3.63, 3.8) is 0 Å². The van der Waals surface area contributed by atoms with E-state index in [1.807, 2.05) is 0 Å². The minimum absolute atomic E-state index is 0.204. The predicted molar refractivity (Wildman–Crippen MR) is 81.2 cm³/mol. The third-order valence-electron chi connectivity index (χ3n) is 3.87. The molecule has 20 heavy (non-hydrogen) atoms. The molecular formula is C16H25N3O. The van der Waals surface area contributed by atoms with Crippen molar-refractivity contribution >= 4 is 5.91 Å². The Labute approximate surface area is 121 Å². The van der Waals surface area contributed by atoms with Gasteiger partial charge in [-0.15, -0.1) is 0 Å². The molecule has 0 aromatic heterocycles. The minimum Gasteiger partial charge on any atom is -0.370 e. The van der Waals surface area contributed by atoms with Gasteiger partial charge in [-0.3, -0.25) is 9.69 Å². The molecule has 2 rings (SSSR count). The van der Waals surface area contributed by atoms with Gasteiger partial charge in [0.25, 0.3) is 0 Å². The molecule has 1 aromatic rings. The van der Waals surface area contributed by atoms with Gasteiger partial charge in [-0.1, -0.05) is 30.3 Å². The van der Waals surface area contributed by atoms with E-state index >= 15 is 0 Å². The smallest absolute Gasteiger partial charge is 0.217 e. The van der Waals surface area contributed by atoms with E-state index in [0.717, 1.165) is 32.6 Å². The molecule has 1 aliphatic heterocycles. The Morgan fingerprint density at radius 2 is 1.95 bits per heavy atom. The standard InChI is InChI=1S/C16H25N3O/c17-16(20)7-4-10-18-15-8-11-19(12-9-15)13-14-5-2-1-3-6-14/h1-3,5-6,15,18H,4,7-13H2,(H2,17,20). The van der Waals surface area contributed by atoms with Gasteiger partial charge >= 0.3 is 0 Å². The molecule has 1 fully saturated rings. The lowest BCUT2D eigenvalue weighted by molar-refractivity contribution is -0.118. The van der Waals surface area contributed by atoms with Gasteiger partial charge in [0, 0.05) is 19.0 Å². The zero-order chi connectivity index (χ0) is 14.2. The number of carbonyl (C=O) groups is 1. The third-order valence-corrected chi connectivity index (χ3v) is 3.87. The van der Waals surface area contributed by atoms with Crippen molar-refractivity contribution in [3.8, 4) is 0 Å². The fourth-order valence-corrected chi connectivity index (χ4v) is 2.71. The molecule has 0 unspecified atom stereocenters. The number of benzene rings is 1. The van der Waals surface area contributed by atoms with Crippen LogP contribution in [0.3, 0.4) is 0 Å². The van der Waals surface area contributed by atoms with Gasteiger partial charge in [0.2, 0.25) is 5.91 Å². The lowest BCUT2D eigenvalue weighted by atomic mass is 10.0. The third kappa shape index (κ3) is 5.31. The van der Waals surface area contributed by atoms with Gasteiger partial charge in [-0.25, -0.2) is 0 Å². The van der Waals surface area contributed by atoms with E-state index in [4.69, 9.17) is 5.73 Å². The zero-order valence-corrected chi connectivity index (χ0v) is 12.1. The summed E-state index contributed by atoms with van der Waals surface area (Å²) in [5.41, 5.74) is 6.52. The number of nitrogens with zero attached hydrogens (tertiary/aromatic N) is 1. The molecule has 0 bridgehead atoms. The summed E-state index contributed by atoms with van der Waals surface area (Å²) >= 11 is 0. The number of nitrogens with two attached hydrogens (primary N) is 1. The number of hydrogen-bond donors (Lipinski definition) is 2. The molecule has 1 aromatic carbocycles. The van der Waals surface area contributed by atoms with Crippen LogP contribution < -0.4 is 11.1 Å².